The van der Waals surface area contributed by atoms with E-state index in [1.165, 1.54) is 60.7 Å². The Morgan fingerprint density at radius 1 is 0.250 bits per heavy atom. The number of fused-ring (bicyclic) bond motifs is 3. The molecule has 0 heterocycles. The van der Waals surface area contributed by atoms with Gasteiger partial charge < -0.3 is 0 Å². The molecule has 564 valence electrons. The lowest BCUT2D eigenvalue weighted by molar-refractivity contribution is -0.138. The van der Waals surface area contributed by atoms with E-state index >= 15 is 0 Å². The van der Waals surface area contributed by atoms with Gasteiger partial charge in [0.1, 0.15) is 0 Å². The second-order valence-electron chi connectivity index (χ2n) is 24.5. The molecule has 0 bridgehead atoms. The molecule has 0 aliphatic carbocycles. The molecule has 0 unspecified atom stereocenters. The van der Waals surface area contributed by atoms with Crippen LogP contribution < -0.4 is 28.3 Å². The first-order valence-electron chi connectivity index (χ1n) is 31.7. The predicted molar refractivity (Wildman–Crippen MR) is 414 cm³/mol. The highest BCUT2D eigenvalue weighted by atomic mass is 35.5. The zero-order valence-corrected chi connectivity index (χ0v) is 64.3. The van der Waals surface area contributed by atoms with Crippen molar-refractivity contribution in [3.63, 3.8) is 0 Å². The number of rotatable bonds is 20. The molecule has 0 fully saturated rings. The second kappa shape index (κ2) is 32.1. The Bertz CT molecular complexity index is 5770. The van der Waals surface area contributed by atoms with Crippen molar-refractivity contribution in [3.8, 4) is 0 Å². The molecule has 0 saturated carbocycles. The summed E-state index contributed by atoms with van der Waals surface area (Å²) >= 11 is 23.7. The van der Waals surface area contributed by atoms with Gasteiger partial charge in [0.2, 0.25) is 0 Å². The van der Waals surface area contributed by atoms with Crippen LogP contribution in [0.5, 0.6) is 0 Å². The molecule has 0 radical (unpaired) electrons. The molecule has 0 atom stereocenters. The van der Waals surface area contributed by atoms with Gasteiger partial charge in [-0.25, -0.2) is 50.5 Å². The molecule has 6 N–H and O–H groups in total. The van der Waals surface area contributed by atoms with Gasteiger partial charge in [0, 0.05) is 0 Å². The Kier molecular flexibility index (Phi) is 24.1. The predicted octanol–water partition coefficient (Wildman–Crippen LogP) is 20.2. The monoisotopic (exact) mass is 1670 g/mol. The van der Waals surface area contributed by atoms with Crippen LogP contribution in [0.15, 0.2) is 272 Å². The smallest absolute Gasteiger partial charge is 0.277 e. The Morgan fingerprint density at radius 2 is 0.435 bits per heavy atom. The fraction of sp³-hybridized carbons (Fsp3) is 0.108. The fourth-order valence-electron chi connectivity index (χ4n) is 10.4. The highest BCUT2D eigenvalue weighted by Crippen LogP contribution is 2.39. The normalized spacial score (nSPS) is 12.4. The number of benzene rings is 12. The highest BCUT2D eigenvalue weighted by Gasteiger charge is 2.33. The van der Waals surface area contributed by atoms with Crippen molar-refractivity contribution in [2.45, 2.75) is 81.3 Å². The molecular formula is C74H60Cl4F6N6O12S6. The number of halogens is 10. The van der Waals surface area contributed by atoms with Gasteiger partial charge in [-0.3, -0.25) is 28.3 Å². The molecule has 0 saturated heterocycles. The van der Waals surface area contributed by atoms with E-state index < -0.39 is 93.4 Å². The van der Waals surface area contributed by atoms with Gasteiger partial charge in [0.25, 0.3) is 60.1 Å². The van der Waals surface area contributed by atoms with Crippen molar-refractivity contribution in [2.75, 3.05) is 28.3 Å². The van der Waals surface area contributed by atoms with E-state index in [2.05, 4.69) is 28.3 Å². The molecule has 12 aromatic carbocycles. The molecule has 34 heteroatoms. The average molecular weight is 1670 g/mol. The molecule has 108 heavy (non-hydrogen) atoms. The fourth-order valence-corrected chi connectivity index (χ4v) is 17.6. The highest BCUT2D eigenvalue weighted by molar-refractivity contribution is 7.94. The number of nitrogens with one attached hydrogen (secondary N) is 6. The summed E-state index contributed by atoms with van der Waals surface area (Å²) < 4.78 is 248. The van der Waals surface area contributed by atoms with Crippen molar-refractivity contribution in [1.29, 1.82) is 0 Å². The van der Waals surface area contributed by atoms with Crippen LogP contribution in [0.2, 0.25) is 20.1 Å². The van der Waals surface area contributed by atoms with Crippen LogP contribution in [-0.2, 0) is 72.5 Å². The van der Waals surface area contributed by atoms with Crippen molar-refractivity contribution in [3.05, 3.63) is 285 Å². The summed E-state index contributed by atoms with van der Waals surface area (Å²) in [4.78, 5) is -1.14. The Hall–Kier alpha value is -9.34. The number of hydrogen-bond donors (Lipinski definition) is 6. The van der Waals surface area contributed by atoms with Gasteiger partial charge in [-0.15, -0.1) is 0 Å². The van der Waals surface area contributed by atoms with Gasteiger partial charge in [0.15, 0.2) is 0 Å². The average Bonchev–Trinajstić information content (AvgIpc) is 0.785. The lowest BCUT2D eigenvalue weighted by Gasteiger charge is -2.17. The first kappa shape index (κ1) is 81.2. The largest absolute Gasteiger partial charge is 0.416 e. The summed E-state index contributed by atoms with van der Waals surface area (Å²) in [7, 11) is -25.2. The maximum absolute atomic E-state index is 13.2. The first-order valence-corrected chi connectivity index (χ1v) is 42.1. The number of alkyl halides is 6. The van der Waals surface area contributed by atoms with Crippen LogP contribution in [0.1, 0.15) is 61.8 Å². The molecule has 12 aromatic rings. The van der Waals surface area contributed by atoms with Gasteiger partial charge in [0.05, 0.1) is 94.7 Å². The zero-order valence-electron chi connectivity index (χ0n) is 56.4. The van der Waals surface area contributed by atoms with Gasteiger partial charge >= 0.3 is 12.4 Å². The Morgan fingerprint density at radius 3 is 0.620 bits per heavy atom. The molecular weight excluding hydrogens is 1610 g/mol. The third-order valence-corrected chi connectivity index (χ3v) is 26.0. The molecule has 18 nitrogen and oxygen atoms in total. The summed E-state index contributed by atoms with van der Waals surface area (Å²) in [5.41, 5.74) is -0.305. The van der Waals surface area contributed by atoms with E-state index in [9.17, 15) is 76.8 Å². The van der Waals surface area contributed by atoms with E-state index in [0.29, 0.717) is 45.8 Å². The molecule has 12 rings (SSSR count). The van der Waals surface area contributed by atoms with Crippen LogP contribution in [0.25, 0.3) is 32.3 Å². The molecule has 0 aliphatic rings. The summed E-state index contributed by atoms with van der Waals surface area (Å²) in [6, 6.07) is 56.3. The van der Waals surface area contributed by atoms with Crippen LogP contribution >= 0.6 is 46.4 Å². The number of hydrogen-bond acceptors (Lipinski definition) is 12. The van der Waals surface area contributed by atoms with Crippen molar-refractivity contribution >= 4 is 173 Å². The summed E-state index contributed by atoms with van der Waals surface area (Å²) in [5.74, 6) is 0.539. The van der Waals surface area contributed by atoms with Crippen molar-refractivity contribution < 1.29 is 76.8 Å². The molecule has 0 aliphatic heterocycles. The van der Waals surface area contributed by atoms with Crippen LogP contribution in [0.4, 0.5) is 60.5 Å². The standard InChI is InChI=1S/C28H30N2O4S2.C24H16F6N2O4S2.C22H14Cl4N2O4S2/c1-19(2)21-9-13-25(14-10-21)35(31,32)29-27-17-23-7-5-6-8-24(23)18-28(27)30-36(33,34)26-15-11-22(12-16-26)20(3)4;25-23(26,27)17-5-9-19(10-6-17)37(33,34)31-21-13-15-3-1-2-4-16(15)14-22(21)32-38(35,36)20-11-7-18(8-12-20)24(28,29)30;23-17-7-5-15(11-19(17)25)33(29,30)27-21-9-13-3-1-2-4-14(13)10-22(21)28-34(31,32)16-6-8-18(24)20(26)12-16/h5-20,29-30H,1-4H3;1-14,31-32H;1-12,27-28H. The lowest BCUT2D eigenvalue weighted by atomic mass is 10.0. The Labute approximate surface area is 639 Å². The maximum atomic E-state index is 13.2. The lowest BCUT2D eigenvalue weighted by Crippen LogP contribution is -2.18. The number of anilines is 6. The quantitative estimate of drug-likeness (QED) is 0.0389. The third kappa shape index (κ3) is 19.7. The third-order valence-electron chi connectivity index (χ3n) is 16.2. The first-order chi connectivity index (χ1) is 50.5. The molecule has 0 aromatic heterocycles. The van der Waals surface area contributed by atoms with Gasteiger partial charge in [-0.2, -0.15) is 26.3 Å². The minimum atomic E-state index is -4.68. The van der Waals surface area contributed by atoms with E-state index in [4.69, 9.17) is 46.4 Å². The van der Waals surface area contributed by atoms with Crippen molar-refractivity contribution in [1.82, 2.24) is 0 Å². The summed E-state index contributed by atoms with van der Waals surface area (Å²) in [5, 5.41) is 4.42. The van der Waals surface area contributed by atoms with E-state index in [1.54, 1.807) is 109 Å². The van der Waals surface area contributed by atoms with Gasteiger partial charge in [-0.05, 0) is 201 Å². The van der Waals surface area contributed by atoms with E-state index in [1.807, 2.05) is 52.0 Å². The van der Waals surface area contributed by atoms with Crippen LogP contribution in [0, 0.1) is 0 Å². The van der Waals surface area contributed by atoms with E-state index in [0.717, 1.165) is 46.2 Å². The second-order valence-corrected chi connectivity index (χ2v) is 36.2. The summed E-state index contributed by atoms with van der Waals surface area (Å²) in [6.45, 7) is 8.13. The minimum absolute atomic E-state index is 0.00779. The summed E-state index contributed by atoms with van der Waals surface area (Å²) in [6.07, 6.45) is -9.37. The van der Waals surface area contributed by atoms with Gasteiger partial charge in [-0.1, -0.05) is 171 Å². The van der Waals surface area contributed by atoms with Crippen LogP contribution in [-0.4, -0.2) is 50.5 Å². The SMILES string of the molecule is CC(C)c1ccc(S(=O)(=O)Nc2cc3ccccc3cc2NS(=O)(=O)c2ccc(C(C)C)cc2)cc1.O=S(=O)(Nc1cc2ccccc2cc1NS(=O)(=O)c1ccc(C(F)(F)F)cc1)c1ccc(C(F)(F)F)cc1.O=S(=O)(Nc1cc2ccccc2cc1NS(=O)(=O)c1ccc(Cl)c(Cl)c1)c1ccc(Cl)c(Cl)c1. The Balaban J connectivity index is 0.000000173. The minimum Gasteiger partial charge on any atom is -0.277 e. The topological polar surface area (TPSA) is 277 Å². The zero-order chi connectivity index (χ0) is 78.7. The van der Waals surface area contributed by atoms with E-state index in [-0.39, 0.29) is 85.6 Å². The molecule has 0 spiro atoms. The number of sulfonamides is 6. The molecule has 0 amide bonds. The van der Waals surface area contributed by atoms with Crippen LogP contribution in [0.3, 0.4) is 0 Å². The van der Waals surface area contributed by atoms with Crippen molar-refractivity contribution in [2.24, 2.45) is 0 Å². The maximum Gasteiger partial charge on any atom is 0.416 e.